The highest BCUT2D eigenvalue weighted by Gasteiger charge is 2.18. The maximum absolute atomic E-state index is 13.0. The van der Waals surface area contributed by atoms with Gasteiger partial charge in [-0.15, -0.1) is 0 Å². The number of amides is 1. The second-order valence-electron chi connectivity index (χ2n) is 6.90. The molecule has 0 saturated heterocycles. The van der Waals surface area contributed by atoms with Gasteiger partial charge in [-0.05, 0) is 55.0 Å². The normalized spacial score (nSPS) is 11.2. The second-order valence-corrected chi connectivity index (χ2v) is 8.99. The molecular weight excluding hydrogens is 427 g/mol. The number of halogens is 2. The molecule has 0 saturated carbocycles. The van der Waals surface area contributed by atoms with Crippen molar-refractivity contribution in [2.75, 3.05) is 11.8 Å². The Balaban J connectivity index is 1.74. The van der Waals surface area contributed by atoms with Crippen molar-refractivity contribution in [2.24, 2.45) is 0 Å². The van der Waals surface area contributed by atoms with Crippen molar-refractivity contribution < 1.29 is 17.6 Å². The number of carbonyl (C=O) groups excluding carboxylic acids is 1. The summed E-state index contributed by atoms with van der Waals surface area (Å²) in [4.78, 5) is 14.3. The largest absolute Gasteiger partial charge is 0.337 e. The summed E-state index contributed by atoms with van der Waals surface area (Å²) in [6.45, 7) is 2.14. The summed E-state index contributed by atoms with van der Waals surface area (Å²) in [6, 6.07) is 16.7. The first-order valence-corrected chi connectivity index (χ1v) is 10.9. The molecule has 0 spiro atoms. The molecular formula is C22H20ClFN2O3S. The van der Waals surface area contributed by atoms with Gasteiger partial charge in [0.25, 0.3) is 15.9 Å². The Morgan fingerprint density at radius 3 is 2.27 bits per heavy atom. The molecule has 8 heteroatoms. The van der Waals surface area contributed by atoms with E-state index in [0.717, 1.165) is 11.1 Å². The van der Waals surface area contributed by atoms with Gasteiger partial charge in [-0.3, -0.25) is 9.52 Å². The molecule has 0 unspecified atom stereocenters. The van der Waals surface area contributed by atoms with E-state index >= 15 is 0 Å². The van der Waals surface area contributed by atoms with Gasteiger partial charge in [-0.25, -0.2) is 12.8 Å². The molecule has 156 valence electrons. The van der Waals surface area contributed by atoms with E-state index in [4.69, 9.17) is 11.6 Å². The first kappa shape index (κ1) is 21.8. The third-order valence-electron chi connectivity index (χ3n) is 4.46. The summed E-state index contributed by atoms with van der Waals surface area (Å²) in [5.74, 6) is -0.684. The predicted molar refractivity (Wildman–Crippen MR) is 116 cm³/mol. The van der Waals surface area contributed by atoms with Crippen LogP contribution in [0.4, 0.5) is 10.1 Å². The molecule has 3 aromatic carbocycles. The smallest absolute Gasteiger partial charge is 0.261 e. The van der Waals surface area contributed by atoms with Gasteiger partial charge >= 0.3 is 0 Å². The molecule has 0 bridgehead atoms. The highest BCUT2D eigenvalue weighted by atomic mass is 35.5. The number of sulfonamides is 1. The van der Waals surface area contributed by atoms with Gasteiger partial charge in [0.2, 0.25) is 0 Å². The Hall–Kier alpha value is -2.90. The van der Waals surface area contributed by atoms with Crippen LogP contribution in [-0.2, 0) is 16.6 Å². The van der Waals surface area contributed by atoms with Gasteiger partial charge in [-0.2, -0.15) is 0 Å². The average molecular weight is 447 g/mol. The van der Waals surface area contributed by atoms with Crippen LogP contribution in [0.5, 0.6) is 0 Å². The highest BCUT2D eigenvalue weighted by molar-refractivity contribution is 7.92. The van der Waals surface area contributed by atoms with Gasteiger partial charge in [0.1, 0.15) is 5.82 Å². The summed E-state index contributed by atoms with van der Waals surface area (Å²) < 4.78 is 40.5. The van der Waals surface area contributed by atoms with E-state index in [9.17, 15) is 17.6 Å². The fraction of sp³-hybridized carbons (Fsp3) is 0.136. The molecule has 0 aliphatic heterocycles. The molecule has 0 fully saturated rings. The fourth-order valence-electron chi connectivity index (χ4n) is 2.82. The third kappa shape index (κ3) is 5.17. The maximum Gasteiger partial charge on any atom is 0.261 e. The van der Waals surface area contributed by atoms with Crippen LogP contribution in [0.25, 0.3) is 0 Å². The van der Waals surface area contributed by atoms with Crippen LogP contribution in [0.15, 0.2) is 71.6 Å². The number of aryl methyl sites for hydroxylation is 1. The molecule has 5 nitrogen and oxygen atoms in total. The summed E-state index contributed by atoms with van der Waals surface area (Å²) in [7, 11) is -2.17. The number of carbonyl (C=O) groups is 1. The molecule has 3 aromatic rings. The summed E-state index contributed by atoms with van der Waals surface area (Å²) in [6.07, 6.45) is 0. The van der Waals surface area contributed by atoms with Crippen LogP contribution >= 0.6 is 11.6 Å². The van der Waals surface area contributed by atoms with Gasteiger partial charge in [0.15, 0.2) is 0 Å². The maximum atomic E-state index is 13.0. The SMILES string of the molecule is Cc1ccc(S(=O)(=O)Nc2ccc(C(=O)N(C)Cc3ccc(F)cc3)c(Cl)c2)cc1. The topological polar surface area (TPSA) is 66.5 Å². The quantitative estimate of drug-likeness (QED) is 0.588. The molecule has 0 aliphatic carbocycles. The van der Waals surface area contributed by atoms with Crippen LogP contribution in [0.1, 0.15) is 21.5 Å². The molecule has 0 atom stereocenters. The van der Waals surface area contributed by atoms with Crippen LogP contribution < -0.4 is 4.72 Å². The van der Waals surface area contributed by atoms with Crippen molar-refractivity contribution in [3.63, 3.8) is 0 Å². The molecule has 0 radical (unpaired) electrons. The molecule has 1 N–H and O–H groups in total. The lowest BCUT2D eigenvalue weighted by atomic mass is 10.1. The lowest BCUT2D eigenvalue weighted by Gasteiger charge is -2.18. The molecule has 1 amide bonds. The minimum Gasteiger partial charge on any atom is -0.337 e. The lowest BCUT2D eigenvalue weighted by molar-refractivity contribution is 0.0785. The second kappa shape index (κ2) is 8.85. The minimum absolute atomic E-state index is 0.120. The molecule has 0 aromatic heterocycles. The zero-order valence-corrected chi connectivity index (χ0v) is 18.0. The number of hydrogen-bond donors (Lipinski definition) is 1. The number of benzene rings is 3. The first-order chi connectivity index (χ1) is 14.2. The van der Waals surface area contributed by atoms with Crippen molar-refractivity contribution in [2.45, 2.75) is 18.4 Å². The van der Waals surface area contributed by atoms with Gasteiger partial charge in [-0.1, -0.05) is 41.4 Å². The van der Waals surface area contributed by atoms with Crippen molar-refractivity contribution in [3.8, 4) is 0 Å². The zero-order valence-electron chi connectivity index (χ0n) is 16.4. The Morgan fingerprint density at radius 2 is 1.67 bits per heavy atom. The fourth-order valence-corrected chi connectivity index (χ4v) is 4.14. The van der Waals surface area contributed by atoms with E-state index in [-0.39, 0.29) is 39.4 Å². The number of nitrogens with one attached hydrogen (secondary N) is 1. The standard InChI is InChI=1S/C22H20ClFN2O3S/c1-15-3-10-19(11-4-15)30(28,29)25-18-9-12-20(21(23)13-18)22(27)26(2)14-16-5-7-17(24)8-6-16/h3-13,25H,14H2,1-2H3. The summed E-state index contributed by atoms with van der Waals surface area (Å²) in [5.41, 5.74) is 2.20. The minimum atomic E-state index is -3.78. The summed E-state index contributed by atoms with van der Waals surface area (Å²) in [5, 5.41) is 0.120. The predicted octanol–water partition coefficient (Wildman–Crippen LogP) is 4.86. The van der Waals surface area contributed by atoms with Crippen LogP contribution in [0, 0.1) is 12.7 Å². The molecule has 3 rings (SSSR count). The number of rotatable bonds is 6. The van der Waals surface area contributed by atoms with Crippen molar-refractivity contribution in [1.29, 1.82) is 0 Å². The Labute approximate surface area is 180 Å². The highest BCUT2D eigenvalue weighted by Crippen LogP contribution is 2.25. The summed E-state index contributed by atoms with van der Waals surface area (Å²) >= 11 is 6.26. The van der Waals surface area contributed by atoms with E-state index in [1.807, 2.05) is 6.92 Å². The molecule has 0 heterocycles. The Morgan fingerprint density at radius 1 is 1.03 bits per heavy atom. The van der Waals surface area contributed by atoms with Crippen molar-refractivity contribution in [1.82, 2.24) is 4.90 Å². The van der Waals surface area contributed by atoms with Crippen molar-refractivity contribution in [3.05, 3.63) is 94.3 Å². The number of anilines is 1. The van der Waals surface area contributed by atoms with E-state index in [1.165, 1.54) is 47.4 Å². The van der Waals surface area contributed by atoms with Crippen LogP contribution in [-0.4, -0.2) is 26.3 Å². The van der Waals surface area contributed by atoms with E-state index in [1.54, 1.807) is 31.3 Å². The average Bonchev–Trinajstić information content (AvgIpc) is 2.69. The van der Waals surface area contributed by atoms with Gasteiger partial charge in [0, 0.05) is 13.6 Å². The van der Waals surface area contributed by atoms with E-state index < -0.39 is 10.0 Å². The van der Waals surface area contributed by atoms with Crippen molar-refractivity contribution >= 4 is 33.2 Å². The molecule has 30 heavy (non-hydrogen) atoms. The van der Waals surface area contributed by atoms with Gasteiger partial charge in [0.05, 0.1) is 21.2 Å². The Bertz CT molecular complexity index is 1160. The van der Waals surface area contributed by atoms with Crippen LogP contribution in [0.3, 0.4) is 0 Å². The van der Waals surface area contributed by atoms with Crippen LogP contribution in [0.2, 0.25) is 5.02 Å². The van der Waals surface area contributed by atoms with E-state index in [2.05, 4.69) is 4.72 Å². The monoisotopic (exact) mass is 446 g/mol. The molecule has 0 aliphatic rings. The van der Waals surface area contributed by atoms with E-state index in [0.29, 0.717) is 0 Å². The van der Waals surface area contributed by atoms with Gasteiger partial charge < -0.3 is 4.90 Å². The first-order valence-electron chi connectivity index (χ1n) is 9.05. The zero-order chi connectivity index (χ0) is 21.9. The third-order valence-corrected chi connectivity index (χ3v) is 6.17. The lowest BCUT2D eigenvalue weighted by Crippen LogP contribution is -2.26. The number of nitrogens with zero attached hydrogens (tertiary/aromatic N) is 1. The Kier molecular flexibility index (Phi) is 6.43. The number of hydrogen-bond acceptors (Lipinski definition) is 3.